The highest BCUT2D eigenvalue weighted by atomic mass is 16.2. The van der Waals surface area contributed by atoms with Crippen LogP contribution in [-0.4, -0.2) is 60.9 Å². The largest absolute Gasteiger partial charge is 0.326 e. The molecule has 1 heterocycles. The molecule has 1 saturated heterocycles. The maximum absolute atomic E-state index is 12.3. The molecule has 2 amide bonds. The summed E-state index contributed by atoms with van der Waals surface area (Å²) in [5.41, 5.74) is 1.46. The molecular weight excluding hydrogens is 280 g/mol. The zero-order valence-electron chi connectivity index (χ0n) is 13.4. The lowest BCUT2D eigenvalue weighted by molar-refractivity contribution is -0.121. The molecule has 1 aliphatic heterocycles. The second-order valence-electron chi connectivity index (χ2n) is 5.76. The molecule has 0 bridgehead atoms. The number of rotatable bonds is 4. The van der Waals surface area contributed by atoms with E-state index in [1.807, 2.05) is 6.92 Å². The molecule has 0 aliphatic carbocycles. The molecular formula is C16H24N4O2. The number of likely N-dealkylation sites (N-methyl/N-ethyl adjacent to an activating group) is 1. The predicted octanol–water partition coefficient (Wildman–Crippen LogP) is 1.22. The highest BCUT2D eigenvalue weighted by molar-refractivity contribution is 5.95. The molecule has 6 heteroatoms. The van der Waals surface area contributed by atoms with Crippen LogP contribution in [0.25, 0.3) is 0 Å². The van der Waals surface area contributed by atoms with Crippen LogP contribution in [0.5, 0.6) is 0 Å². The number of hydrogen-bond acceptors (Lipinski definition) is 4. The highest BCUT2D eigenvalue weighted by Crippen LogP contribution is 2.15. The summed E-state index contributed by atoms with van der Waals surface area (Å²) in [7, 11) is 2.10. The quantitative estimate of drug-likeness (QED) is 0.878. The van der Waals surface area contributed by atoms with E-state index in [2.05, 4.69) is 27.5 Å². The van der Waals surface area contributed by atoms with Crippen LogP contribution in [0.3, 0.4) is 0 Å². The molecule has 0 spiro atoms. The van der Waals surface area contributed by atoms with Gasteiger partial charge in [-0.1, -0.05) is 0 Å². The fourth-order valence-electron chi connectivity index (χ4n) is 2.46. The summed E-state index contributed by atoms with van der Waals surface area (Å²) in [6, 6.07) is 6.98. The maximum atomic E-state index is 12.3. The van der Waals surface area contributed by atoms with E-state index in [0.717, 1.165) is 37.6 Å². The van der Waals surface area contributed by atoms with E-state index in [0.29, 0.717) is 0 Å². The van der Waals surface area contributed by atoms with Crippen molar-refractivity contribution in [1.82, 2.24) is 9.80 Å². The van der Waals surface area contributed by atoms with Crippen LogP contribution in [0.4, 0.5) is 11.4 Å². The van der Waals surface area contributed by atoms with Crippen LogP contribution in [0.1, 0.15) is 13.8 Å². The average molecular weight is 304 g/mol. The topological polar surface area (TPSA) is 64.7 Å². The molecule has 1 fully saturated rings. The van der Waals surface area contributed by atoms with Gasteiger partial charge < -0.3 is 15.5 Å². The van der Waals surface area contributed by atoms with Gasteiger partial charge in [-0.15, -0.1) is 0 Å². The van der Waals surface area contributed by atoms with Gasteiger partial charge in [0.1, 0.15) is 0 Å². The second-order valence-corrected chi connectivity index (χ2v) is 5.76. The molecule has 0 radical (unpaired) electrons. The molecule has 1 aromatic rings. The predicted molar refractivity (Wildman–Crippen MR) is 87.9 cm³/mol. The van der Waals surface area contributed by atoms with E-state index < -0.39 is 0 Å². The van der Waals surface area contributed by atoms with Crippen LogP contribution in [-0.2, 0) is 9.59 Å². The normalized spacial score (nSPS) is 17.8. The van der Waals surface area contributed by atoms with Gasteiger partial charge in [0.2, 0.25) is 11.8 Å². The summed E-state index contributed by atoms with van der Waals surface area (Å²) in [5, 5.41) is 5.62. The molecule has 0 unspecified atom stereocenters. The first-order valence-corrected chi connectivity index (χ1v) is 7.57. The Bertz CT molecular complexity index is 521. The summed E-state index contributed by atoms with van der Waals surface area (Å²) in [6.07, 6.45) is 0. The van der Waals surface area contributed by atoms with Crippen LogP contribution in [0, 0.1) is 0 Å². The lowest BCUT2D eigenvalue weighted by atomic mass is 10.2. The van der Waals surface area contributed by atoms with Gasteiger partial charge >= 0.3 is 0 Å². The molecule has 6 nitrogen and oxygen atoms in total. The SMILES string of the molecule is CC(=O)Nc1ccc(NC(=O)[C@@H](C)N2CCN(C)CC2)cc1. The number of anilines is 2. The molecule has 0 saturated carbocycles. The minimum atomic E-state index is -0.149. The molecule has 1 aliphatic rings. The minimum Gasteiger partial charge on any atom is -0.326 e. The molecule has 2 N–H and O–H groups in total. The van der Waals surface area contributed by atoms with Gasteiger partial charge in [-0.2, -0.15) is 0 Å². The van der Waals surface area contributed by atoms with Gasteiger partial charge in [0, 0.05) is 44.5 Å². The van der Waals surface area contributed by atoms with Crippen LogP contribution in [0.15, 0.2) is 24.3 Å². The lowest BCUT2D eigenvalue weighted by Gasteiger charge is -2.35. The summed E-state index contributed by atoms with van der Waals surface area (Å²) < 4.78 is 0. The van der Waals surface area contributed by atoms with Crippen LogP contribution >= 0.6 is 0 Å². The maximum Gasteiger partial charge on any atom is 0.241 e. The number of hydrogen-bond donors (Lipinski definition) is 2. The van der Waals surface area contributed by atoms with E-state index in [1.54, 1.807) is 24.3 Å². The third-order valence-corrected chi connectivity index (χ3v) is 3.94. The summed E-state index contributed by atoms with van der Waals surface area (Å²) in [6.45, 7) is 7.20. The van der Waals surface area contributed by atoms with Crippen molar-refractivity contribution in [3.8, 4) is 0 Å². The fraction of sp³-hybridized carbons (Fsp3) is 0.500. The van der Waals surface area contributed by atoms with E-state index in [1.165, 1.54) is 6.92 Å². The van der Waals surface area contributed by atoms with E-state index in [9.17, 15) is 9.59 Å². The standard InChI is InChI=1S/C16H24N4O2/c1-12(20-10-8-19(3)9-11-20)16(22)18-15-6-4-14(5-7-15)17-13(2)21/h4-7,12H,8-11H2,1-3H3,(H,17,21)(H,18,22)/t12-/m1/s1. The smallest absolute Gasteiger partial charge is 0.241 e. The van der Waals surface area contributed by atoms with Crippen molar-refractivity contribution >= 4 is 23.2 Å². The number of piperazine rings is 1. The summed E-state index contributed by atoms with van der Waals surface area (Å²) >= 11 is 0. The Morgan fingerprint density at radius 2 is 1.50 bits per heavy atom. The summed E-state index contributed by atoms with van der Waals surface area (Å²) in [4.78, 5) is 27.8. The van der Waals surface area contributed by atoms with Crippen LogP contribution < -0.4 is 10.6 Å². The third-order valence-electron chi connectivity index (χ3n) is 3.94. The molecule has 1 atom stereocenters. The van der Waals surface area contributed by atoms with Crippen molar-refractivity contribution in [2.24, 2.45) is 0 Å². The van der Waals surface area contributed by atoms with Gasteiger partial charge in [0.25, 0.3) is 0 Å². The first kappa shape index (κ1) is 16.5. The highest BCUT2D eigenvalue weighted by Gasteiger charge is 2.24. The summed E-state index contributed by atoms with van der Waals surface area (Å²) in [5.74, 6) is -0.114. The van der Waals surface area contributed by atoms with Crippen LogP contribution in [0.2, 0.25) is 0 Å². The van der Waals surface area contributed by atoms with Crippen molar-refractivity contribution in [1.29, 1.82) is 0 Å². The van der Waals surface area contributed by atoms with Crippen molar-refractivity contribution in [3.63, 3.8) is 0 Å². The minimum absolute atomic E-state index is 0.00294. The lowest BCUT2D eigenvalue weighted by Crippen LogP contribution is -2.51. The Morgan fingerprint density at radius 3 is 2.00 bits per heavy atom. The van der Waals surface area contributed by atoms with E-state index in [4.69, 9.17) is 0 Å². The Kier molecular flexibility index (Phi) is 5.51. The number of nitrogens with zero attached hydrogens (tertiary/aromatic N) is 2. The van der Waals surface area contributed by atoms with Crippen molar-refractivity contribution in [2.45, 2.75) is 19.9 Å². The second kappa shape index (κ2) is 7.38. The Morgan fingerprint density at radius 1 is 1.00 bits per heavy atom. The van der Waals surface area contributed by atoms with Crippen molar-refractivity contribution in [3.05, 3.63) is 24.3 Å². The number of nitrogens with one attached hydrogen (secondary N) is 2. The molecule has 22 heavy (non-hydrogen) atoms. The number of carbonyl (C=O) groups excluding carboxylic acids is 2. The Hall–Kier alpha value is -1.92. The monoisotopic (exact) mass is 304 g/mol. The molecule has 2 rings (SSSR count). The van der Waals surface area contributed by atoms with Gasteiger partial charge in [-0.05, 0) is 38.2 Å². The number of amides is 2. The van der Waals surface area contributed by atoms with Gasteiger partial charge in [-0.25, -0.2) is 0 Å². The van der Waals surface area contributed by atoms with Gasteiger partial charge in [0.05, 0.1) is 6.04 Å². The molecule has 1 aromatic carbocycles. The Balaban J connectivity index is 1.89. The zero-order valence-corrected chi connectivity index (χ0v) is 13.4. The first-order valence-electron chi connectivity index (χ1n) is 7.57. The molecule has 120 valence electrons. The van der Waals surface area contributed by atoms with Gasteiger partial charge in [-0.3, -0.25) is 14.5 Å². The third kappa shape index (κ3) is 4.54. The van der Waals surface area contributed by atoms with Crippen molar-refractivity contribution < 1.29 is 9.59 Å². The first-order chi connectivity index (χ1) is 10.5. The zero-order chi connectivity index (χ0) is 16.1. The van der Waals surface area contributed by atoms with Crippen molar-refractivity contribution in [2.75, 3.05) is 43.9 Å². The molecule has 0 aromatic heterocycles. The van der Waals surface area contributed by atoms with E-state index >= 15 is 0 Å². The number of benzene rings is 1. The Labute approximate surface area is 131 Å². The van der Waals surface area contributed by atoms with E-state index in [-0.39, 0.29) is 17.9 Å². The fourth-order valence-corrected chi connectivity index (χ4v) is 2.46. The number of carbonyl (C=O) groups is 2. The average Bonchev–Trinajstić information content (AvgIpc) is 2.49. The van der Waals surface area contributed by atoms with Gasteiger partial charge in [0.15, 0.2) is 0 Å².